The lowest BCUT2D eigenvalue weighted by molar-refractivity contribution is 0.627. The molecule has 88 valence electrons. The van der Waals surface area contributed by atoms with E-state index >= 15 is 0 Å². The zero-order valence-electron chi connectivity index (χ0n) is 9.79. The molecular formula is C13H14FN3. The number of aromatic nitrogens is 1. The molecular weight excluding hydrogens is 217 g/mol. The fraction of sp³-hybridized carbons (Fsp3) is 0.154. The molecule has 4 heteroatoms. The van der Waals surface area contributed by atoms with Gasteiger partial charge in [-0.05, 0) is 42.8 Å². The van der Waals surface area contributed by atoms with E-state index in [4.69, 9.17) is 0 Å². The number of hydrogen-bond acceptors (Lipinski definition) is 3. The van der Waals surface area contributed by atoms with Gasteiger partial charge in [-0.15, -0.1) is 0 Å². The van der Waals surface area contributed by atoms with Crippen LogP contribution in [0.15, 0.2) is 36.4 Å². The third-order valence-corrected chi connectivity index (χ3v) is 2.32. The fourth-order valence-corrected chi connectivity index (χ4v) is 1.60. The Morgan fingerprint density at radius 3 is 2.59 bits per heavy atom. The number of anilines is 3. The number of hydrogen-bond donors (Lipinski definition) is 2. The third kappa shape index (κ3) is 2.93. The molecule has 1 aromatic carbocycles. The summed E-state index contributed by atoms with van der Waals surface area (Å²) in [6.07, 6.45) is 0. The molecule has 0 aliphatic rings. The highest BCUT2D eigenvalue weighted by Gasteiger charge is 2.00. The largest absolute Gasteiger partial charge is 0.373 e. The molecule has 2 N–H and O–H groups in total. The highest BCUT2D eigenvalue weighted by atomic mass is 19.1. The molecule has 0 atom stereocenters. The van der Waals surface area contributed by atoms with E-state index in [-0.39, 0.29) is 5.82 Å². The van der Waals surface area contributed by atoms with Crippen molar-refractivity contribution in [3.8, 4) is 0 Å². The molecule has 0 aliphatic carbocycles. The molecule has 2 rings (SSSR count). The molecule has 0 fully saturated rings. The molecule has 1 heterocycles. The van der Waals surface area contributed by atoms with E-state index in [0.717, 1.165) is 11.4 Å². The standard InChI is InChI=1S/C13H14FN3/c1-9-6-10(14)8-11(7-9)16-13-5-3-4-12(15-2)17-13/h3-8H,1-2H3,(H2,15,16,17). The lowest BCUT2D eigenvalue weighted by Gasteiger charge is -2.08. The van der Waals surface area contributed by atoms with Gasteiger partial charge in [0.25, 0.3) is 0 Å². The van der Waals surface area contributed by atoms with Crippen molar-refractivity contribution in [2.45, 2.75) is 6.92 Å². The van der Waals surface area contributed by atoms with Crippen molar-refractivity contribution >= 4 is 17.3 Å². The van der Waals surface area contributed by atoms with Crippen LogP contribution in [0.2, 0.25) is 0 Å². The molecule has 0 aliphatic heterocycles. The molecule has 3 nitrogen and oxygen atoms in total. The second-order valence-corrected chi connectivity index (χ2v) is 3.80. The second kappa shape index (κ2) is 4.82. The maximum Gasteiger partial charge on any atom is 0.132 e. The minimum atomic E-state index is -0.253. The molecule has 0 unspecified atom stereocenters. The van der Waals surface area contributed by atoms with Gasteiger partial charge in [-0.1, -0.05) is 6.07 Å². The summed E-state index contributed by atoms with van der Waals surface area (Å²) in [4.78, 5) is 4.30. The first-order valence-electron chi connectivity index (χ1n) is 5.36. The average Bonchev–Trinajstić information content (AvgIpc) is 2.28. The molecule has 0 saturated carbocycles. The van der Waals surface area contributed by atoms with Gasteiger partial charge in [0.05, 0.1) is 0 Å². The molecule has 0 radical (unpaired) electrons. The minimum absolute atomic E-state index is 0.253. The predicted octanol–water partition coefficient (Wildman–Crippen LogP) is 3.31. The van der Waals surface area contributed by atoms with Crippen LogP contribution in [0.3, 0.4) is 0 Å². The lowest BCUT2D eigenvalue weighted by atomic mass is 10.2. The Labute approximate surface area is 99.7 Å². The number of nitrogens with one attached hydrogen (secondary N) is 2. The Morgan fingerprint density at radius 1 is 1.12 bits per heavy atom. The Balaban J connectivity index is 2.24. The van der Waals surface area contributed by atoms with Gasteiger partial charge in [0.15, 0.2) is 0 Å². The summed E-state index contributed by atoms with van der Waals surface area (Å²) in [5.74, 6) is 1.20. The summed E-state index contributed by atoms with van der Waals surface area (Å²) >= 11 is 0. The highest BCUT2D eigenvalue weighted by molar-refractivity contribution is 5.58. The van der Waals surface area contributed by atoms with Gasteiger partial charge in [-0.2, -0.15) is 0 Å². The molecule has 0 spiro atoms. The van der Waals surface area contributed by atoms with Crippen LogP contribution >= 0.6 is 0 Å². The van der Waals surface area contributed by atoms with Gasteiger partial charge in [0.1, 0.15) is 17.5 Å². The van der Waals surface area contributed by atoms with Gasteiger partial charge in [0.2, 0.25) is 0 Å². The molecule has 2 aromatic rings. The third-order valence-electron chi connectivity index (χ3n) is 2.32. The monoisotopic (exact) mass is 231 g/mol. The van der Waals surface area contributed by atoms with Crippen molar-refractivity contribution < 1.29 is 4.39 Å². The number of nitrogens with zero attached hydrogens (tertiary/aromatic N) is 1. The summed E-state index contributed by atoms with van der Waals surface area (Å²) in [5, 5.41) is 6.02. The van der Waals surface area contributed by atoms with Gasteiger partial charge in [-0.25, -0.2) is 9.37 Å². The van der Waals surface area contributed by atoms with Crippen molar-refractivity contribution in [1.82, 2.24) is 4.98 Å². The highest BCUT2D eigenvalue weighted by Crippen LogP contribution is 2.18. The summed E-state index contributed by atoms with van der Waals surface area (Å²) in [7, 11) is 1.80. The van der Waals surface area contributed by atoms with E-state index in [1.807, 2.05) is 31.2 Å². The van der Waals surface area contributed by atoms with Crippen LogP contribution in [0.5, 0.6) is 0 Å². The van der Waals surface area contributed by atoms with E-state index in [9.17, 15) is 4.39 Å². The smallest absolute Gasteiger partial charge is 0.132 e. The zero-order chi connectivity index (χ0) is 12.3. The number of rotatable bonds is 3. The maximum absolute atomic E-state index is 13.2. The summed E-state index contributed by atoms with van der Waals surface area (Å²) in [6, 6.07) is 10.4. The van der Waals surface area contributed by atoms with Crippen LogP contribution in [0.1, 0.15) is 5.56 Å². The van der Waals surface area contributed by atoms with Crippen LogP contribution in [-0.4, -0.2) is 12.0 Å². The topological polar surface area (TPSA) is 37.0 Å². The Hall–Kier alpha value is -2.10. The SMILES string of the molecule is CNc1cccc(Nc2cc(C)cc(F)c2)n1. The van der Waals surface area contributed by atoms with Gasteiger partial charge >= 0.3 is 0 Å². The van der Waals surface area contributed by atoms with Crippen LogP contribution < -0.4 is 10.6 Å². The Kier molecular flexibility index (Phi) is 3.23. The molecule has 1 aromatic heterocycles. The maximum atomic E-state index is 13.2. The van der Waals surface area contributed by atoms with Gasteiger partial charge in [0, 0.05) is 12.7 Å². The summed E-state index contributed by atoms with van der Waals surface area (Å²) in [5.41, 5.74) is 1.57. The molecule has 0 bridgehead atoms. The van der Waals surface area contributed by atoms with Crippen LogP contribution in [0.25, 0.3) is 0 Å². The normalized spacial score (nSPS) is 10.1. The summed E-state index contributed by atoms with van der Waals surface area (Å²) < 4.78 is 13.2. The second-order valence-electron chi connectivity index (χ2n) is 3.80. The lowest BCUT2D eigenvalue weighted by Crippen LogP contribution is -1.98. The fourth-order valence-electron chi connectivity index (χ4n) is 1.60. The van der Waals surface area contributed by atoms with Crippen LogP contribution in [0, 0.1) is 12.7 Å². The van der Waals surface area contributed by atoms with Crippen LogP contribution in [-0.2, 0) is 0 Å². The van der Waals surface area contributed by atoms with Crippen LogP contribution in [0.4, 0.5) is 21.7 Å². The first kappa shape index (κ1) is 11.4. The van der Waals surface area contributed by atoms with E-state index in [0.29, 0.717) is 11.5 Å². The summed E-state index contributed by atoms with van der Waals surface area (Å²) in [6.45, 7) is 1.85. The predicted molar refractivity (Wildman–Crippen MR) is 68.2 cm³/mol. The number of benzene rings is 1. The Bertz CT molecular complexity index is 506. The van der Waals surface area contributed by atoms with E-state index in [2.05, 4.69) is 15.6 Å². The number of aryl methyl sites for hydroxylation is 1. The molecule has 0 amide bonds. The number of pyridine rings is 1. The van der Waals surface area contributed by atoms with Crippen molar-refractivity contribution in [2.75, 3.05) is 17.7 Å². The van der Waals surface area contributed by atoms with E-state index < -0.39 is 0 Å². The quantitative estimate of drug-likeness (QED) is 0.850. The van der Waals surface area contributed by atoms with Crippen molar-refractivity contribution in [1.29, 1.82) is 0 Å². The van der Waals surface area contributed by atoms with E-state index in [1.165, 1.54) is 12.1 Å². The number of halogens is 1. The first-order valence-corrected chi connectivity index (χ1v) is 5.36. The first-order chi connectivity index (χ1) is 8.17. The van der Waals surface area contributed by atoms with Gasteiger partial charge in [-0.3, -0.25) is 0 Å². The van der Waals surface area contributed by atoms with Crippen molar-refractivity contribution in [3.63, 3.8) is 0 Å². The van der Waals surface area contributed by atoms with Gasteiger partial charge < -0.3 is 10.6 Å². The average molecular weight is 231 g/mol. The molecule has 0 saturated heterocycles. The minimum Gasteiger partial charge on any atom is -0.373 e. The van der Waals surface area contributed by atoms with E-state index in [1.54, 1.807) is 7.05 Å². The zero-order valence-corrected chi connectivity index (χ0v) is 9.79. The van der Waals surface area contributed by atoms with Crippen molar-refractivity contribution in [3.05, 3.63) is 47.8 Å². The van der Waals surface area contributed by atoms with Crippen molar-refractivity contribution in [2.24, 2.45) is 0 Å². The molecule has 17 heavy (non-hydrogen) atoms. The Morgan fingerprint density at radius 2 is 1.88 bits per heavy atom.